The maximum absolute atomic E-state index is 12.8. The number of ether oxygens (including phenoxy) is 3. The van der Waals surface area contributed by atoms with Gasteiger partial charge >= 0.3 is 11.9 Å². The van der Waals surface area contributed by atoms with Crippen LogP contribution in [0.25, 0.3) is 0 Å². The highest BCUT2D eigenvalue weighted by molar-refractivity contribution is 5.70. The molecule has 0 saturated heterocycles. The number of quaternary nitrogens is 1. The van der Waals surface area contributed by atoms with Crippen LogP contribution in [0.5, 0.6) is 0 Å². The number of likely N-dealkylation sites (N-methyl/N-ethyl adjacent to an activating group) is 1. The van der Waals surface area contributed by atoms with Crippen molar-refractivity contribution in [1.82, 2.24) is 0 Å². The van der Waals surface area contributed by atoms with Crippen molar-refractivity contribution in [2.75, 3.05) is 41.0 Å². The van der Waals surface area contributed by atoms with E-state index in [0.29, 0.717) is 12.8 Å². The Morgan fingerprint density at radius 3 is 1.20 bits per heavy atom. The van der Waals surface area contributed by atoms with Crippen molar-refractivity contribution >= 4 is 17.9 Å². The fourth-order valence-electron chi connectivity index (χ4n) is 7.59. The first-order valence-electron chi connectivity index (χ1n) is 25.4. The Hall–Kier alpha value is -2.19. The molecule has 0 aliphatic heterocycles. The minimum Gasteiger partial charge on any atom is -0.544 e. The summed E-state index contributed by atoms with van der Waals surface area (Å²) in [6.07, 6.45) is 49.1. The number of hydrogen-bond donors (Lipinski definition) is 0. The molecule has 0 heterocycles. The number of carboxylic acids is 1. The zero-order chi connectivity index (χ0) is 44.2. The maximum atomic E-state index is 12.8. The topological polar surface area (TPSA) is 102 Å². The molecule has 8 nitrogen and oxygen atoms in total. The predicted molar refractivity (Wildman–Crippen MR) is 250 cm³/mol. The summed E-state index contributed by atoms with van der Waals surface area (Å²) in [4.78, 5) is 37.0. The zero-order valence-corrected chi connectivity index (χ0v) is 40.1. The van der Waals surface area contributed by atoms with Crippen LogP contribution in [0, 0.1) is 0 Å². The Labute approximate surface area is 371 Å². The number of nitrogens with zero attached hydrogens (tertiary/aromatic N) is 1. The number of aliphatic carboxylic acids is 1. The van der Waals surface area contributed by atoms with Gasteiger partial charge in [-0.1, -0.05) is 179 Å². The molecule has 0 aliphatic carbocycles. The lowest BCUT2D eigenvalue weighted by molar-refractivity contribution is -0.889. The van der Waals surface area contributed by atoms with Gasteiger partial charge in [-0.25, -0.2) is 0 Å². The normalized spacial score (nSPS) is 13.0. The molecule has 0 aromatic rings. The van der Waals surface area contributed by atoms with Gasteiger partial charge in [0.25, 0.3) is 0 Å². The molecule has 0 saturated carbocycles. The first-order valence-corrected chi connectivity index (χ1v) is 25.4. The molecule has 2 unspecified atom stereocenters. The smallest absolute Gasteiger partial charge is 0.306 e. The summed E-state index contributed by atoms with van der Waals surface area (Å²) in [6.45, 7) is 4.68. The quantitative estimate of drug-likeness (QED) is 0.0260. The minimum atomic E-state index is -1.12. The summed E-state index contributed by atoms with van der Waals surface area (Å²) in [6, 6.07) is -0.725. The highest BCUT2D eigenvalue weighted by atomic mass is 16.6. The molecular formula is C52H97NO7. The summed E-state index contributed by atoms with van der Waals surface area (Å²) in [5, 5.41) is 11.7. The summed E-state index contributed by atoms with van der Waals surface area (Å²) in [5.41, 5.74) is 0. The first kappa shape index (κ1) is 57.8. The molecule has 8 heteroatoms. The van der Waals surface area contributed by atoms with Crippen LogP contribution in [0.2, 0.25) is 0 Å². The Bertz CT molecular complexity index is 1040. The van der Waals surface area contributed by atoms with Gasteiger partial charge in [0, 0.05) is 19.3 Å². The third kappa shape index (κ3) is 41.2. The van der Waals surface area contributed by atoms with Crippen molar-refractivity contribution in [3.63, 3.8) is 0 Å². The number of hydrogen-bond acceptors (Lipinski definition) is 7. The van der Waals surface area contributed by atoms with Gasteiger partial charge in [-0.2, -0.15) is 0 Å². The third-order valence-corrected chi connectivity index (χ3v) is 11.6. The number of allylic oxidation sites excluding steroid dienone is 4. The van der Waals surface area contributed by atoms with Gasteiger partial charge in [0.2, 0.25) is 0 Å². The first-order chi connectivity index (χ1) is 29.1. The second-order valence-corrected chi connectivity index (χ2v) is 18.4. The van der Waals surface area contributed by atoms with E-state index in [1.807, 2.05) is 0 Å². The molecule has 60 heavy (non-hydrogen) atoms. The van der Waals surface area contributed by atoms with Crippen molar-refractivity contribution in [2.24, 2.45) is 0 Å². The van der Waals surface area contributed by atoms with E-state index in [4.69, 9.17) is 14.2 Å². The number of esters is 2. The molecule has 0 aliphatic rings. The highest BCUT2D eigenvalue weighted by Gasteiger charge is 2.25. The summed E-state index contributed by atoms with van der Waals surface area (Å²) < 4.78 is 17.2. The van der Waals surface area contributed by atoms with Crippen molar-refractivity contribution < 1.29 is 38.2 Å². The average molecular weight is 848 g/mol. The lowest BCUT2D eigenvalue weighted by atomic mass is 10.1. The number of carbonyl (C=O) groups is 3. The molecule has 0 aromatic heterocycles. The lowest BCUT2D eigenvalue weighted by Gasteiger charge is -2.34. The van der Waals surface area contributed by atoms with Crippen LogP contribution in [0.4, 0.5) is 0 Å². The van der Waals surface area contributed by atoms with Crippen LogP contribution in [0.15, 0.2) is 24.3 Å². The monoisotopic (exact) mass is 848 g/mol. The molecule has 0 spiro atoms. The van der Waals surface area contributed by atoms with E-state index >= 15 is 0 Å². The van der Waals surface area contributed by atoms with Crippen LogP contribution in [0.3, 0.4) is 0 Å². The van der Waals surface area contributed by atoms with Crippen molar-refractivity contribution in [2.45, 2.75) is 251 Å². The second kappa shape index (κ2) is 43.5. The van der Waals surface area contributed by atoms with Crippen LogP contribution in [0.1, 0.15) is 239 Å². The molecule has 0 amide bonds. The Balaban J connectivity index is 4.25. The van der Waals surface area contributed by atoms with Gasteiger partial charge in [-0.15, -0.1) is 0 Å². The highest BCUT2D eigenvalue weighted by Crippen LogP contribution is 2.15. The zero-order valence-electron chi connectivity index (χ0n) is 40.1. The number of rotatable bonds is 46. The summed E-state index contributed by atoms with van der Waals surface area (Å²) in [5.74, 6) is -1.73. The van der Waals surface area contributed by atoms with E-state index in [1.54, 1.807) is 21.1 Å². The molecule has 0 rings (SSSR count). The Kier molecular flexibility index (Phi) is 41.9. The fourth-order valence-corrected chi connectivity index (χ4v) is 7.59. The minimum absolute atomic E-state index is 0.0409. The van der Waals surface area contributed by atoms with Gasteiger partial charge in [0.1, 0.15) is 12.6 Å². The average Bonchev–Trinajstić information content (AvgIpc) is 3.21. The van der Waals surface area contributed by atoms with E-state index in [-0.39, 0.29) is 42.7 Å². The van der Waals surface area contributed by atoms with Gasteiger partial charge in [-0.3, -0.25) is 9.59 Å². The maximum Gasteiger partial charge on any atom is 0.306 e. The molecule has 0 radical (unpaired) electrons. The van der Waals surface area contributed by atoms with Crippen LogP contribution < -0.4 is 5.11 Å². The molecule has 2 atom stereocenters. The standard InChI is InChI=1S/C52H97NO7/c1-6-8-10-12-14-16-18-20-22-24-25-27-29-31-33-35-37-39-41-43-51(55)60-48(46-58-45-44-49(52(56)57)53(3,4)5)47-59-50(54)42-40-38-36-34-32-30-28-26-23-21-19-17-15-13-11-9-7-2/h21,23-25,48-49H,6-20,22,26-47H2,1-5H3/b23-21+,25-24+. The van der Waals surface area contributed by atoms with Gasteiger partial charge in [-0.05, 0) is 64.2 Å². The fraction of sp³-hybridized carbons (Fsp3) is 0.865. The Morgan fingerprint density at radius 2 is 0.833 bits per heavy atom. The van der Waals surface area contributed by atoms with Crippen LogP contribution in [-0.2, 0) is 28.6 Å². The van der Waals surface area contributed by atoms with Gasteiger partial charge < -0.3 is 28.6 Å². The third-order valence-electron chi connectivity index (χ3n) is 11.6. The van der Waals surface area contributed by atoms with Crippen molar-refractivity contribution in [1.29, 1.82) is 0 Å². The van der Waals surface area contributed by atoms with Crippen LogP contribution >= 0.6 is 0 Å². The van der Waals surface area contributed by atoms with Gasteiger partial charge in [0.05, 0.1) is 40.3 Å². The summed E-state index contributed by atoms with van der Waals surface area (Å²) >= 11 is 0. The second-order valence-electron chi connectivity index (χ2n) is 18.4. The van der Waals surface area contributed by atoms with E-state index < -0.39 is 18.1 Å². The van der Waals surface area contributed by atoms with Crippen molar-refractivity contribution in [3.8, 4) is 0 Å². The number of unbranched alkanes of at least 4 members (excludes halogenated alkanes) is 28. The van der Waals surface area contributed by atoms with E-state index in [2.05, 4.69) is 38.2 Å². The SMILES string of the molecule is CCCCCCCC/C=C/CCCCCCCCCC(=O)OCC(COCCC(C(=O)[O-])[N+](C)(C)C)OC(=O)CCCCCCCCC/C=C/CCCCCCCCCC. The van der Waals surface area contributed by atoms with Crippen LogP contribution in [-0.4, -0.2) is 75.5 Å². The van der Waals surface area contributed by atoms with Gasteiger partial charge in [0.15, 0.2) is 6.10 Å². The van der Waals surface area contributed by atoms with E-state index in [1.165, 1.54) is 167 Å². The largest absolute Gasteiger partial charge is 0.544 e. The van der Waals surface area contributed by atoms with E-state index in [0.717, 1.165) is 38.5 Å². The Morgan fingerprint density at radius 1 is 0.483 bits per heavy atom. The number of carboxylic acid groups (broad SMARTS) is 1. The molecule has 352 valence electrons. The lowest BCUT2D eigenvalue weighted by Crippen LogP contribution is -2.55. The molecule has 0 fully saturated rings. The molecular weight excluding hydrogens is 751 g/mol. The van der Waals surface area contributed by atoms with E-state index in [9.17, 15) is 19.5 Å². The predicted octanol–water partition coefficient (Wildman–Crippen LogP) is 13.1. The molecule has 0 bridgehead atoms. The molecule has 0 aromatic carbocycles. The molecule has 0 N–H and O–H groups in total. The summed E-state index contributed by atoms with van der Waals surface area (Å²) in [7, 11) is 5.42. The van der Waals surface area contributed by atoms with Crippen molar-refractivity contribution in [3.05, 3.63) is 24.3 Å². The number of carbonyl (C=O) groups excluding carboxylic acids is 3.